The molecule has 0 fully saturated rings. The van der Waals surface area contributed by atoms with E-state index in [-0.39, 0.29) is 0 Å². The van der Waals surface area contributed by atoms with E-state index in [4.69, 9.17) is 24.4 Å². The monoisotopic (exact) mass is 536 g/mol. The standard InChI is InChI=1S/C32H20N6O3/c1-3-11-21(12-4-1)39-31-27-29(23-15-7-9-17-25(23)35-31)37(19-33-27)41-38-20-34-28-30(38)24-16-8-10-18-26(24)36-32(28)40-22-13-5-2-6-14-22/h1-20H. The Labute approximate surface area is 232 Å². The fourth-order valence-electron chi connectivity index (χ4n) is 4.90. The summed E-state index contributed by atoms with van der Waals surface area (Å²) >= 11 is 0. The van der Waals surface area contributed by atoms with Crippen molar-refractivity contribution >= 4 is 43.9 Å². The van der Waals surface area contributed by atoms with Crippen molar-refractivity contribution in [2.45, 2.75) is 0 Å². The molecule has 0 bridgehead atoms. The highest BCUT2D eigenvalue weighted by Gasteiger charge is 2.20. The number of benzene rings is 4. The van der Waals surface area contributed by atoms with E-state index in [1.54, 1.807) is 22.1 Å². The summed E-state index contributed by atoms with van der Waals surface area (Å²) in [6.07, 6.45) is 3.21. The van der Waals surface area contributed by atoms with E-state index in [9.17, 15) is 0 Å². The first-order valence-corrected chi connectivity index (χ1v) is 13.0. The second-order valence-corrected chi connectivity index (χ2v) is 9.32. The highest BCUT2D eigenvalue weighted by atomic mass is 16.8. The van der Waals surface area contributed by atoms with E-state index >= 15 is 0 Å². The number of aromatic nitrogens is 6. The topological polar surface area (TPSA) is 89.1 Å². The minimum atomic E-state index is 0.385. The molecule has 0 unspecified atom stereocenters. The lowest BCUT2D eigenvalue weighted by atomic mass is 10.2. The van der Waals surface area contributed by atoms with Gasteiger partial charge in [0.15, 0.2) is 11.0 Å². The first-order valence-electron chi connectivity index (χ1n) is 13.0. The molecule has 0 saturated carbocycles. The maximum absolute atomic E-state index is 6.45. The normalized spacial score (nSPS) is 11.4. The van der Waals surface area contributed by atoms with E-state index in [0.29, 0.717) is 45.3 Å². The molecule has 4 heterocycles. The van der Waals surface area contributed by atoms with E-state index < -0.39 is 0 Å². The van der Waals surface area contributed by atoms with Gasteiger partial charge in [0, 0.05) is 10.8 Å². The van der Waals surface area contributed by atoms with Gasteiger partial charge in [-0.05, 0) is 36.4 Å². The summed E-state index contributed by atoms with van der Waals surface area (Å²) in [7, 11) is 0. The first kappa shape index (κ1) is 23.0. The maximum atomic E-state index is 6.45. The average molecular weight is 537 g/mol. The molecule has 8 aromatic rings. The summed E-state index contributed by atoms with van der Waals surface area (Å²) in [4.78, 5) is 25.2. The van der Waals surface area contributed by atoms with Crippen LogP contribution < -0.4 is 14.4 Å². The summed E-state index contributed by atoms with van der Waals surface area (Å²) in [5.74, 6) is 2.10. The number of hydrogen-bond donors (Lipinski definition) is 0. The molecule has 0 aliphatic carbocycles. The van der Waals surface area contributed by atoms with Gasteiger partial charge in [0.1, 0.15) is 35.2 Å². The summed E-state index contributed by atoms with van der Waals surface area (Å²) < 4.78 is 15.5. The predicted octanol–water partition coefficient (Wildman–Crippen LogP) is 6.96. The highest BCUT2D eigenvalue weighted by molar-refractivity contribution is 6.05. The lowest BCUT2D eigenvalue weighted by Crippen LogP contribution is -2.16. The second kappa shape index (κ2) is 9.35. The first-order chi connectivity index (χ1) is 20.3. The molecule has 4 aromatic carbocycles. The van der Waals surface area contributed by atoms with Crippen LogP contribution >= 0.6 is 0 Å². The molecule has 0 atom stereocenters. The molecule has 0 radical (unpaired) electrons. The van der Waals surface area contributed by atoms with E-state index in [1.165, 1.54) is 0 Å². The van der Waals surface area contributed by atoms with Crippen LogP contribution in [0.15, 0.2) is 122 Å². The SMILES string of the molecule is c1ccc(Oc2nc3ccccc3c3c2ncn3On2cnc3c(Oc4ccccc4)nc4ccccc4c32)cc1. The Bertz CT molecular complexity index is 2040. The molecule has 0 amide bonds. The summed E-state index contributed by atoms with van der Waals surface area (Å²) in [6, 6.07) is 34.6. The van der Waals surface area contributed by atoms with Crippen molar-refractivity contribution in [2.75, 3.05) is 0 Å². The Morgan fingerprint density at radius 3 is 1.34 bits per heavy atom. The third kappa shape index (κ3) is 3.95. The van der Waals surface area contributed by atoms with Crippen LogP contribution in [-0.2, 0) is 0 Å². The fraction of sp³-hybridized carbons (Fsp3) is 0. The summed E-state index contributed by atoms with van der Waals surface area (Å²) in [5, 5.41) is 1.73. The number of nitrogens with zero attached hydrogens (tertiary/aromatic N) is 6. The van der Waals surface area contributed by atoms with Crippen LogP contribution in [0.5, 0.6) is 23.3 Å². The van der Waals surface area contributed by atoms with Gasteiger partial charge in [-0.1, -0.05) is 72.8 Å². The van der Waals surface area contributed by atoms with Crippen molar-refractivity contribution in [2.24, 2.45) is 0 Å². The number of para-hydroxylation sites is 4. The molecule has 0 spiro atoms. The highest BCUT2D eigenvalue weighted by Crippen LogP contribution is 2.34. The lowest BCUT2D eigenvalue weighted by molar-refractivity contribution is 0.0503. The maximum Gasteiger partial charge on any atom is 0.248 e. The third-order valence-corrected chi connectivity index (χ3v) is 6.73. The van der Waals surface area contributed by atoms with Gasteiger partial charge in [-0.15, -0.1) is 9.46 Å². The van der Waals surface area contributed by atoms with Gasteiger partial charge >= 0.3 is 0 Å². The minimum Gasteiger partial charge on any atom is -0.437 e. The van der Waals surface area contributed by atoms with Crippen LogP contribution in [0, 0.1) is 0 Å². The molecule has 0 aliphatic rings. The zero-order chi connectivity index (χ0) is 27.2. The predicted molar refractivity (Wildman–Crippen MR) is 155 cm³/mol. The van der Waals surface area contributed by atoms with E-state index in [1.807, 2.05) is 109 Å². The van der Waals surface area contributed by atoms with Crippen LogP contribution in [0.4, 0.5) is 0 Å². The molecule has 0 saturated heterocycles. The number of imidazole rings is 2. The Morgan fingerprint density at radius 2 is 0.878 bits per heavy atom. The zero-order valence-corrected chi connectivity index (χ0v) is 21.5. The van der Waals surface area contributed by atoms with Gasteiger partial charge in [0.2, 0.25) is 11.8 Å². The van der Waals surface area contributed by atoms with E-state index in [2.05, 4.69) is 9.97 Å². The average Bonchev–Trinajstić information content (AvgIpc) is 3.64. The molecule has 196 valence electrons. The molecule has 41 heavy (non-hydrogen) atoms. The summed E-state index contributed by atoms with van der Waals surface area (Å²) in [6.45, 7) is 0. The molecule has 9 heteroatoms. The van der Waals surface area contributed by atoms with Crippen molar-refractivity contribution in [3.05, 3.63) is 122 Å². The van der Waals surface area contributed by atoms with Gasteiger partial charge in [-0.25, -0.2) is 19.9 Å². The Balaban J connectivity index is 1.29. The smallest absolute Gasteiger partial charge is 0.248 e. The van der Waals surface area contributed by atoms with Crippen LogP contribution in [0.3, 0.4) is 0 Å². The largest absolute Gasteiger partial charge is 0.437 e. The van der Waals surface area contributed by atoms with Crippen LogP contribution in [0.25, 0.3) is 43.9 Å². The molecule has 9 nitrogen and oxygen atoms in total. The van der Waals surface area contributed by atoms with Crippen LogP contribution in [-0.4, -0.2) is 29.4 Å². The number of rotatable bonds is 6. The molecule has 0 N–H and O–H groups in total. The molecule has 0 aliphatic heterocycles. The van der Waals surface area contributed by atoms with Crippen molar-refractivity contribution in [3.63, 3.8) is 0 Å². The van der Waals surface area contributed by atoms with Crippen LogP contribution in [0.2, 0.25) is 0 Å². The van der Waals surface area contributed by atoms with Gasteiger partial charge in [-0.3, -0.25) is 4.94 Å². The van der Waals surface area contributed by atoms with E-state index in [0.717, 1.165) is 21.8 Å². The van der Waals surface area contributed by atoms with Crippen molar-refractivity contribution in [3.8, 4) is 23.3 Å². The number of fused-ring (bicyclic) bond motifs is 6. The number of pyridine rings is 2. The lowest BCUT2D eigenvalue weighted by Gasteiger charge is -2.12. The zero-order valence-electron chi connectivity index (χ0n) is 21.5. The Kier molecular flexibility index (Phi) is 5.24. The Hall–Kier alpha value is -5.96. The summed E-state index contributed by atoms with van der Waals surface area (Å²) in [5.41, 5.74) is 4.05. The third-order valence-electron chi connectivity index (χ3n) is 6.73. The quantitative estimate of drug-likeness (QED) is 0.227. The van der Waals surface area contributed by atoms with Crippen molar-refractivity contribution < 1.29 is 14.4 Å². The van der Waals surface area contributed by atoms with Crippen molar-refractivity contribution in [1.29, 1.82) is 0 Å². The number of hydrogen-bond acceptors (Lipinski definition) is 7. The van der Waals surface area contributed by atoms with Crippen molar-refractivity contribution in [1.82, 2.24) is 29.4 Å². The molecular formula is C32H20N6O3. The van der Waals surface area contributed by atoms with Gasteiger partial charge in [0.05, 0.1) is 11.0 Å². The minimum absolute atomic E-state index is 0.385. The Morgan fingerprint density at radius 1 is 0.463 bits per heavy atom. The van der Waals surface area contributed by atoms with Gasteiger partial charge < -0.3 is 9.47 Å². The second-order valence-electron chi connectivity index (χ2n) is 9.32. The number of ether oxygens (including phenoxy) is 2. The van der Waals surface area contributed by atoms with Gasteiger partial charge in [0.25, 0.3) is 0 Å². The molecular weight excluding hydrogens is 516 g/mol. The fourth-order valence-corrected chi connectivity index (χ4v) is 4.90. The van der Waals surface area contributed by atoms with Crippen LogP contribution in [0.1, 0.15) is 0 Å². The van der Waals surface area contributed by atoms with Gasteiger partial charge in [-0.2, -0.15) is 0 Å². The molecule has 8 rings (SSSR count). The molecule has 4 aromatic heterocycles.